The predicted molar refractivity (Wildman–Crippen MR) is 62.6 cm³/mol. The minimum Gasteiger partial charge on any atom is -0.305 e. The molecule has 0 aromatic carbocycles. The van der Waals surface area contributed by atoms with Gasteiger partial charge < -0.3 is 9.80 Å². The second-order valence-corrected chi connectivity index (χ2v) is 4.61. The summed E-state index contributed by atoms with van der Waals surface area (Å²) in [7, 11) is 2.23. The topological polar surface area (TPSA) is 6.48 Å². The molecule has 2 aliphatic rings. The van der Waals surface area contributed by atoms with Gasteiger partial charge in [-0.25, -0.2) is 0 Å². The second kappa shape index (κ2) is 5.13. The molecule has 0 aliphatic carbocycles. The molecule has 0 aromatic heterocycles. The van der Waals surface area contributed by atoms with E-state index in [-0.39, 0.29) is 0 Å². The molecule has 2 fully saturated rings. The van der Waals surface area contributed by atoms with Crippen LogP contribution in [0.25, 0.3) is 0 Å². The lowest BCUT2D eigenvalue weighted by Gasteiger charge is -2.52. The Morgan fingerprint density at radius 1 is 1.07 bits per heavy atom. The third-order valence-electron chi connectivity index (χ3n) is 3.57. The fourth-order valence-electron chi connectivity index (χ4n) is 2.76. The number of hydrogen-bond acceptors (Lipinski definition) is 2. The molecule has 0 bridgehead atoms. The molecule has 0 saturated carbocycles. The Labute approximate surface area is 89.3 Å². The zero-order valence-electron chi connectivity index (χ0n) is 10.3. The molecule has 2 aliphatic heterocycles. The molecule has 1 spiro atoms. The highest BCUT2D eigenvalue weighted by Gasteiger charge is 2.42. The largest absolute Gasteiger partial charge is 0.305 e. The quantitative estimate of drug-likeness (QED) is 0.636. The summed E-state index contributed by atoms with van der Waals surface area (Å²) in [4.78, 5) is 5.02. The molecule has 2 heteroatoms. The van der Waals surface area contributed by atoms with Crippen LogP contribution in [-0.2, 0) is 0 Å². The Hall–Kier alpha value is -0.0800. The summed E-state index contributed by atoms with van der Waals surface area (Å²) in [6.45, 7) is 12.9. The Kier molecular flexibility index (Phi) is 4.39. The maximum Gasteiger partial charge on any atom is 0.00484 e. The van der Waals surface area contributed by atoms with Gasteiger partial charge in [0.1, 0.15) is 0 Å². The first-order valence-electron chi connectivity index (χ1n) is 6.15. The SMILES string of the molecule is CC.CCN1CCC2(CC1)CN(C)C2. The average molecular weight is 198 g/mol. The van der Waals surface area contributed by atoms with E-state index in [0.29, 0.717) is 0 Å². The fraction of sp³-hybridized carbons (Fsp3) is 1.00. The molecule has 0 N–H and O–H groups in total. The number of piperidine rings is 1. The highest BCUT2D eigenvalue weighted by molar-refractivity contribution is 4.96. The lowest BCUT2D eigenvalue weighted by atomic mass is 9.72. The van der Waals surface area contributed by atoms with Crippen LogP contribution in [0.15, 0.2) is 0 Å². The zero-order chi connectivity index (χ0) is 10.6. The van der Waals surface area contributed by atoms with E-state index in [1.54, 1.807) is 0 Å². The Morgan fingerprint density at radius 2 is 1.57 bits per heavy atom. The van der Waals surface area contributed by atoms with Crippen molar-refractivity contribution < 1.29 is 0 Å². The van der Waals surface area contributed by atoms with Crippen LogP contribution in [-0.4, -0.2) is 49.6 Å². The van der Waals surface area contributed by atoms with Gasteiger partial charge in [0.05, 0.1) is 0 Å². The van der Waals surface area contributed by atoms with Gasteiger partial charge >= 0.3 is 0 Å². The molecule has 84 valence electrons. The number of likely N-dealkylation sites (tertiary alicyclic amines) is 2. The molecule has 2 rings (SSSR count). The van der Waals surface area contributed by atoms with E-state index >= 15 is 0 Å². The standard InChI is InChI=1S/C10H20N2.C2H6/c1-3-12-6-4-10(5-7-12)8-11(2)9-10;1-2/h3-9H2,1-2H3;1-2H3. The predicted octanol–water partition coefficient (Wildman–Crippen LogP) is 2.06. The zero-order valence-corrected chi connectivity index (χ0v) is 10.3. The Balaban J connectivity index is 0.000000461. The minimum atomic E-state index is 0.737. The van der Waals surface area contributed by atoms with Crippen molar-refractivity contribution in [2.24, 2.45) is 5.41 Å². The van der Waals surface area contributed by atoms with Gasteiger partial charge in [-0.1, -0.05) is 20.8 Å². The van der Waals surface area contributed by atoms with E-state index in [4.69, 9.17) is 0 Å². The summed E-state index contributed by atoms with van der Waals surface area (Å²) < 4.78 is 0. The fourth-order valence-corrected chi connectivity index (χ4v) is 2.76. The summed E-state index contributed by atoms with van der Waals surface area (Å²) in [5.74, 6) is 0. The lowest BCUT2D eigenvalue weighted by Crippen LogP contribution is -2.58. The third-order valence-corrected chi connectivity index (χ3v) is 3.57. The highest BCUT2D eigenvalue weighted by atomic mass is 15.2. The first kappa shape index (κ1) is 12.0. The van der Waals surface area contributed by atoms with E-state index in [1.165, 1.54) is 45.6 Å². The minimum absolute atomic E-state index is 0.737. The molecule has 14 heavy (non-hydrogen) atoms. The van der Waals surface area contributed by atoms with Crippen molar-refractivity contribution >= 4 is 0 Å². The maximum absolute atomic E-state index is 2.57. The molecular weight excluding hydrogens is 172 g/mol. The summed E-state index contributed by atoms with van der Waals surface area (Å²) in [6, 6.07) is 0. The van der Waals surface area contributed by atoms with Crippen molar-refractivity contribution in [1.82, 2.24) is 9.80 Å². The van der Waals surface area contributed by atoms with Crippen LogP contribution >= 0.6 is 0 Å². The van der Waals surface area contributed by atoms with Gasteiger partial charge in [0.15, 0.2) is 0 Å². The molecule has 0 unspecified atom stereocenters. The molecule has 2 heterocycles. The van der Waals surface area contributed by atoms with E-state index in [2.05, 4.69) is 23.8 Å². The van der Waals surface area contributed by atoms with Gasteiger partial charge in [-0.15, -0.1) is 0 Å². The van der Waals surface area contributed by atoms with Gasteiger partial charge in [-0.2, -0.15) is 0 Å². The molecule has 2 nitrogen and oxygen atoms in total. The van der Waals surface area contributed by atoms with Crippen LogP contribution < -0.4 is 0 Å². The van der Waals surface area contributed by atoms with Crippen molar-refractivity contribution in [2.45, 2.75) is 33.6 Å². The number of hydrogen-bond donors (Lipinski definition) is 0. The van der Waals surface area contributed by atoms with Crippen molar-refractivity contribution in [3.8, 4) is 0 Å². The van der Waals surface area contributed by atoms with Crippen LogP contribution in [0.3, 0.4) is 0 Å². The van der Waals surface area contributed by atoms with Crippen LogP contribution in [0, 0.1) is 5.41 Å². The van der Waals surface area contributed by atoms with E-state index in [9.17, 15) is 0 Å². The van der Waals surface area contributed by atoms with Gasteiger partial charge in [0.2, 0.25) is 0 Å². The summed E-state index contributed by atoms with van der Waals surface area (Å²) in [5, 5.41) is 0. The number of rotatable bonds is 1. The molecule has 0 amide bonds. The first-order valence-corrected chi connectivity index (χ1v) is 6.15. The van der Waals surface area contributed by atoms with Crippen LogP contribution in [0.5, 0.6) is 0 Å². The smallest absolute Gasteiger partial charge is 0.00484 e. The van der Waals surface area contributed by atoms with Crippen molar-refractivity contribution in [2.75, 3.05) is 39.8 Å². The first-order chi connectivity index (χ1) is 6.74. The van der Waals surface area contributed by atoms with E-state index in [1.807, 2.05) is 13.8 Å². The van der Waals surface area contributed by atoms with Crippen molar-refractivity contribution in [3.63, 3.8) is 0 Å². The molecule has 0 atom stereocenters. The highest BCUT2D eigenvalue weighted by Crippen LogP contribution is 2.39. The van der Waals surface area contributed by atoms with Crippen LogP contribution in [0.1, 0.15) is 33.6 Å². The van der Waals surface area contributed by atoms with Gasteiger partial charge in [0.25, 0.3) is 0 Å². The summed E-state index contributed by atoms with van der Waals surface area (Å²) in [6.07, 6.45) is 2.87. The van der Waals surface area contributed by atoms with Crippen molar-refractivity contribution in [1.29, 1.82) is 0 Å². The maximum atomic E-state index is 2.57. The normalized spacial score (nSPS) is 26.6. The average Bonchev–Trinajstić information content (AvgIpc) is 2.20. The second-order valence-electron chi connectivity index (χ2n) is 4.61. The van der Waals surface area contributed by atoms with Crippen LogP contribution in [0.4, 0.5) is 0 Å². The Morgan fingerprint density at radius 3 is 1.93 bits per heavy atom. The molecule has 0 aromatic rings. The van der Waals surface area contributed by atoms with E-state index < -0.39 is 0 Å². The van der Waals surface area contributed by atoms with Gasteiger partial charge in [-0.05, 0) is 44.9 Å². The number of nitrogens with zero attached hydrogens (tertiary/aromatic N) is 2. The third kappa shape index (κ3) is 2.48. The van der Waals surface area contributed by atoms with Gasteiger partial charge in [-0.3, -0.25) is 0 Å². The van der Waals surface area contributed by atoms with Crippen molar-refractivity contribution in [3.05, 3.63) is 0 Å². The summed E-state index contributed by atoms with van der Waals surface area (Å²) in [5.41, 5.74) is 0.737. The van der Waals surface area contributed by atoms with E-state index in [0.717, 1.165) is 5.41 Å². The summed E-state index contributed by atoms with van der Waals surface area (Å²) >= 11 is 0. The van der Waals surface area contributed by atoms with Crippen LogP contribution in [0.2, 0.25) is 0 Å². The molecule has 0 radical (unpaired) electrons. The molecule has 2 saturated heterocycles. The lowest BCUT2D eigenvalue weighted by molar-refractivity contribution is -0.0302. The Bertz CT molecular complexity index is 152. The molecular formula is C12H26N2. The van der Waals surface area contributed by atoms with Gasteiger partial charge in [0, 0.05) is 13.1 Å². The monoisotopic (exact) mass is 198 g/mol.